The van der Waals surface area contributed by atoms with Crippen LogP contribution in [0.3, 0.4) is 0 Å². The number of phenolic OH excluding ortho intramolecular Hbond substituents is 2. The third-order valence-corrected chi connectivity index (χ3v) is 4.75. The summed E-state index contributed by atoms with van der Waals surface area (Å²) >= 11 is 0. The molecule has 0 unspecified atom stereocenters. The normalized spacial score (nSPS) is 10.8. The summed E-state index contributed by atoms with van der Waals surface area (Å²) in [6, 6.07) is 9.79. The van der Waals surface area contributed by atoms with Crippen LogP contribution in [-0.2, 0) is 12.8 Å². The second-order valence-electron chi connectivity index (χ2n) is 7.77. The fourth-order valence-corrected chi connectivity index (χ4v) is 3.07. The Hall–Kier alpha value is -3.27. The lowest BCUT2D eigenvalue weighted by atomic mass is 10.0. The summed E-state index contributed by atoms with van der Waals surface area (Å²) in [4.78, 5) is 12.7. The summed E-state index contributed by atoms with van der Waals surface area (Å²) in [7, 11) is 0. The molecule has 0 spiro atoms. The summed E-state index contributed by atoms with van der Waals surface area (Å²) < 4.78 is 5.94. The minimum Gasteiger partial charge on any atom is -0.508 e. The second-order valence-corrected chi connectivity index (χ2v) is 7.77. The topological polar surface area (TPSA) is 70.7 Å². The van der Waals surface area contributed by atoms with Gasteiger partial charge in [-0.25, -0.2) is 0 Å². The minimum absolute atomic E-state index is 0.102. The van der Waals surface area contributed by atoms with E-state index in [1.165, 1.54) is 12.1 Å². The average molecular weight is 390 g/mol. The second kappa shape index (κ2) is 8.39. The Morgan fingerprint density at radius 1 is 0.862 bits per heavy atom. The number of aromatic hydroxyl groups is 2. The number of hydrogen-bond donors (Lipinski definition) is 2. The van der Waals surface area contributed by atoms with Crippen molar-refractivity contribution < 1.29 is 14.6 Å². The third-order valence-electron chi connectivity index (χ3n) is 4.75. The molecule has 0 aliphatic heterocycles. The van der Waals surface area contributed by atoms with E-state index in [0.717, 1.165) is 16.7 Å². The summed E-state index contributed by atoms with van der Waals surface area (Å²) in [5.41, 5.74) is 4.61. The van der Waals surface area contributed by atoms with Crippen molar-refractivity contribution >= 4 is 11.0 Å². The van der Waals surface area contributed by atoms with E-state index in [-0.39, 0.29) is 16.9 Å². The van der Waals surface area contributed by atoms with Crippen molar-refractivity contribution in [3.63, 3.8) is 0 Å². The van der Waals surface area contributed by atoms with Crippen LogP contribution >= 0.6 is 0 Å². The SMILES string of the molecule is CC(C)=CCc1cc(-c2cc(=O)c3cc(CC=C(C)C)c(O)cc3o2)ccc1O. The van der Waals surface area contributed by atoms with Crippen molar-refractivity contribution in [1.29, 1.82) is 0 Å². The van der Waals surface area contributed by atoms with Gasteiger partial charge in [0.05, 0.1) is 5.39 Å². The van der Waals surface area contributed by atoms with E-state index in [1.807, 2.05) is 45.9 Å². The van der Waals surface area contributed by atoms with E-state index in [1.54, 1.807) is 18.2 Å². The van der Waals surface area contributed by atoms with Crippen LogP contribution in [0.4, 0.5) is 0 Å². The van der Waals surface area contributed by atoms with Crippen molar-refractivity contribution in [3.8, 4) is 22.8 Å². The highest BCUT2D eigenvalue weighted by Gasteiger charge is 2.12. The molecule has 0 saturated heterocycles. The number of phenols is 2. The van der Waals surface area contributed by atoms with Gasteiger partial charge in [-0.15, -0.1) is 0 Å². The van der Waals surface area contributed by atoms with Gasteiger partial charge in [-0.1, -0.05) is 23.3 Å². The predicted octanol–water partition coefficient (Wildman–Crippen LogP) is 5.89. The van der Waals surface area contributed by atoms with Crippen molar-refractivity contribution in [1.82, 2.24) is 0 Å². The summed E-state index contributed by atoms with van der Waals surface area (Å²) in [6.45, 7) is 7.98. The van der Waals surface area contributed by atoms with Crippen molar-refractivity contribution in [2.24, 2.45) is 0 Å². The lowest BCUT2D eigenvalue weighted by Gasteiger charge is -2.09. The van der Waals surface area contributed by atoms with E-state index >= 15 is 0 Å². The van der Waals surface area contributed by atoms with Gasteiger partial charge in [-0.3, -0.25) is 4.79 Å². The summed E-state index contributed by atoms with van der Waals surface area (Å²) in [5, 5.41) is 20.9. The van der Waals surface area contributed by atoms with Gasteiger partial charge in [0, 0.05) is 17.7 Å². The average Bonchev–Trinajstić information content (AvgIpc) is 2.65. The van der Waals surface area contributed by atoms with Crippen molar-refractivity contribution in [2.45, 2.75) is 40.5 Å². The zero-order valence-electron chi connectivity index (χ0n) is 17.2. The fourth-order valence-electron chi connectivity index (χ4n) is 3.07. The molecule has 0 amide bonds. The molecular formula is C25H26O4. The Morgan fingerprint density at radius 3 is 2.10 bits per heavy atom. The molecule has 0 aliphatic carbocycles. The first-order chi connectivity index (χ1) is 13.7. The molecule has 29 heavy (non-hydrogen) atoms. The Labute approximate surface area is 170 Å². The standard InChI is InChI=1S/C25H26O4/c1-15(2)5-7-17-11-19(9-10-21(17)26)24-14-23(28)20-12-18(8-6-16(3)4)22(27)13-25(20)29-24/h5-6,9-14,26-27H,7-8H2,1-4H3. The molecule has 0 fully saturated rings. The molecule has 0 aliphatic rings. The molecule has 1 heterocycles. The highest BCUT2D eigenvalue weighted by atomic mass is 16.3. The first-order valence-corrected chi connectivity index (χ1v) is 9.63. The molecule has 2 aromatic carbocycles. The van der Waals surface area contributed by atoms with Crippen LogP contribution in [0.1, 0.15) is 38.8 Å². The van der Waals surface area contributed by atoms with Crippen LogP contribution in [-0.4, -0.2) is 10.2 Å². The van der Waals surface area contributed by atoms with Gasteiger partial charge in [0.2, 0.25) is 0 Å². The largest absolute Gasteiger partial charge is 0.508 e. The number of fused-ring (bicyclic) bond motifs is 1. The van der Waals surface area contributed by atoms with E-state index < -0.39 is 0 Å². The van der Waals surface area contributed by atoms with Gasteiger partial charge < -0.3 is 14.6 Å². The lowest BCUT2D eigenvalue weighted by molar-refractivity contribution is 0.468. The molecule has 0 saturated carbocycles. The van der Waals surface area contributed by atoms with E-state index in [9.17, 15) is 15.0 Å². The maximum atomic E-state index is 12.7. The molecule has 150 valence electrons. The molecule has 0 bridgehead atoms. The van der Waals surface area contributed by atoms with Crippen LogP contribution in [0.25, 0.3) is 22.3 Å². The van der Waals surface area contributed by atoms with Crippen LogP contribution in [0, 0.1) is 0 Å². The number of hydrogen-bond acceptors (Lipinski definition) is 4. The molecule has 0 radical (unpaired) electrons. The van der Waals surface area contributed by atoms with Crippen LogP contribution in [0.5, 0.6) is 11.5 Å². The molecule has 2 N–H and O–H groups in total. The summed E-state index contributed by atoms with van der Waals surface area (Å²) in [6.07, 6.45) is 5.17. The number of allylic oxidation sites excluding steroid dienone is 4. The molecule has 1 aromatic heterocycles. The first kappa shape index (κ1) is 20.5. The van der Waals surface area contributed by atoms with Gasteiger partial charge in [0.1, 0.15) is 22.8 Å². The van der Waals surface area contributed by atoms with Gasteiger partial charge in [0.15, 0.2) is 5.43 Å². The minimum atomic E-state index is -0.168. The smallest absolute Gasteiger partial charge is 0.193 e. The van der Waals surface area contributed by atoms with Gasteiger partial charge >= 0.3 is 0 Å². The Bertz CT molecular complexity index is 1170. The lowest BCUT2D eigenvalue weighted by Crippen LogP contribution is -2.01. The molecule has 3 aromatic rings. The summed E-state index contributed by atoms with van der Waals surface area (Å²) in [5.74, 6) is 0.707. The van der Waals surface area contributed by atoms with Gasteiger partial charge in [0.25, 0.3) is 0 Å². The predicted molar refractivity (Wildman–Crippen MR) is 118 cm³/mol. The van der Waals surface area contributed by atoms with Crippen LogP contribution < -0.4 is 5.43 Å². The molecule has 4 heteroatoms. The van der Waals surface area contributed by atoms with Crippen molar-refractivity contribution in [2.75, 3.05) is 0 Å². The van der Waals surface area contributed by atoms with Crippen LogP contribution in [0.15, 0.2) is 68.9 Å². The van der Waals surface area contributed by atoms with Crippen LogP contribution in [0.2, 0.25) is 0 Å². The Morgan fingerprint density at radius 2 is 1.48 bits per heavy atom. The highest BCUT2D eigenvalue weighted by molar-refractivity contribution is 5.81. The highest BCUT2D eigenvalue weighted by Crippen LogP contribution is 2.30. The number of rotatable bonds is 5. The van der Waals surface area contributed by atoms with Gasteiger partial charge in [-0.05, 0) is 75.9 Å². The zero-order chi connectivity index (χ0) is 21.1. The zero-order valence-corrected chi connectivity index (χ0v) is 17.2. The number of benzene rings is 2. The first-order valence-electron chi connectivity index (χ1n) is 9.63. The Balaban J connectivity index is 2.07. The maximum absolute atomic E-state index is 12.7. The molecule has 4 nitrogen and oxygen atoms in total. The maximum Gasteiger partial charge on any atom is 0.193 e. The van der Waals surface area contributed by atoms with E-state index in [4.69, 9.17) is 4.42 Å². The van der Waals surface area contributed by atoms with Crippen molar-refractivity contribution in [3.05, 3.63) is 81.0 Å². The van der Waals surface area contributed by atoms with E-state index in [2.05, 4.69) is 0 Å². The molecule has 3 rings (SSSR count). The quantitative estimate of drug-likeness (QED) is 0.533. The monoisotopic (exact) mass is 390 g/mol. The molecule has 0 atom stereocenters. The fraction of sp³-hybridized carbons (Fsp3) is 0.240. The third kappa shape index (κ3) is 4.77. The molecular weight excluding hydrogens is 364 g/mol. The van der Waals surface area contributed by atoms with E-state index in [0.29, 0.717) is 40.7 Å². The Kier molecular flexibility index (Phi) is 5.92. The van der Waals surface area contributed by atoms with Gasteiger partial charge in [-0.2, -0.15) is 0 Å².